The number of carbonyl (C=O) groups is 1. The van der Waals surface area contributed by atoms with Crippen molar-refractivity contribution >= 4 is 28.5 Å². The molecular weight excluding hydrogens is 388 g/mol. The topological polar surface area (TPSA) is 53.8 Å². The third-order valence-electron chi connectivity index (χ3n) is 5.37. The lowest BCUT2D eigenvalue weighted by Crippen LogP contribution is -2.32. The number of rotatable bonds is 5. The molecule has 6 heteroatoms. The van der Waals surface area contributed by atoms with E-state index >= 15 is 0 Å². The highest BCUT2D eigenvalue weighted by Crippen LogP contribution is 2.38. The second-order valence-corrected chi connectivity index (χ2v) is 8.15. The van der Waals surface area contributed by atoms with Crippen molar-refractivity contribution in [3.8, 4) is 0 Å². The van der Waals surface area contributed by atoms with Crippen LogP contribution in [0.4, 0.5) is 0 Å². The van der Waals surface area contributed by atoms with E-state index in [1.165, 1.54) is 0 Å². The third kappa shape index (κ3) is 3.45. The van der Waals surface area contributed by atoms with Gasteiger partial charge in [0.1, 0.15) is 5.58 Å². The summed E-state index contributed by atoms with van der Waals surface area (Å²) >= 11 is 6.26. The SMILES string of the molecule is Cc1cc2oc3c(c(=O)c2cc1Cl)C(c1ccccc1)N(CCCN(C)C)C3=O. The first-order valence-corrected chi connectivity index (χ1v) is 10.0. The molecule has 3 aromatic rings. The molecule has 1 atom stereocenters. The summed E-state index contributed by atoms with van der Waals surface area (Å²) in [4.78, 5) is 30.5. The molecule has 0 N–H and O–H groups in total. The van der Waals surface area contributed by atoms with Gasteiger partial charge in [-0.05, 0) is 57.2 Å². The first-order valence-electron chi connectivity index (χ1n) is 9.66. The van der Waals surface area contributed by atoms with E-state index in [-0.39, 0.29) is 17.1 Å². The predicted octanol–water partition coefficient (Wildman–Crippen LogP) is 4.25. The standard InChI is InChI=1S/C23H23ClN2O3/c1-14-12-18-16(13-17(14)24)21(27)19-20(15-8-5-4-6-9-15)26(11-7-10-25(2)3)23(28)22(19)29-18/h4-6,8-9,12-13,20H,7,10-11H2,1-3H3. The quantitative estimate of drug-likeness (QED) is 0.631. The number of benzene rings is 2. The lowest BCUT2D eigenvalue weighted by Gasteiger charge is -2.25. The first-order chi connectivity index (χ1) is 13.9. The molecule has 2 aromatic carbocycles. The molecule has 0 saturated carbocycles. The molecule has 1 aliphatic rings. The molecule has 0 aliphatic carbocycles. The van der Waals surface area contributed by atoms with E-state index < -0.39 is 6.04 Å². The normalized spacial score (nSPS) is 16.1. The van der Waals surface area contributed by atoms with E-state index in [0.717, 1.165) is 24.1 Å². The Morgan fingerprint density at radius 3 is 2.55 bits per heavy atom. The number of hydrogen-bond donors (Lipinski definition) is 0. The van der Waals surface area contributed by atoms with E-state index in [4.69, 9.17) is 16.0 Å². The summed E-state index contributed by atoms with van der Waals surface area (Å²) < 4.78 is 5.98. The van der Waals surface area contributed by atoms with Crippen LogP contribution in [-0.2, 0) is 0 Å². The zero-order valence-electron chi connectivity index (χ0n) is 16.7. The lowest BCUT2D eigenvalue weighted by molar-refractivity contribution is 0.0722. The number of nitrogens with zero attached hydrogens (tertiary/aromatic N) is 2. The van der Waals surface area contributed by atoms with Gasteiger partial charge >= 0.3 is 0 Å². The molecule has 0 radical (unpaired) electrons. The van der Waals surface area contributed by atoms with E-state index in [1.807, 2.05) is 51.4 Å². The molecule has 29 heavy (non-hydrogen) atoms. The highest BCUT2D eigenvalue weighted by atomic mass is 35.5. The average Bonchev–Trinajstić information content (AvgIpc) is 2.97. The number of aryl methyl sites for hydroxylation is 1. The van der Waals surface area contributed by atoms with Crippen LogP contribution in [0.1, 0.15) is 39.7 Å². The Morgan fingerprint density at radius 1 is 1.14 bits per heavy atom. The van der Waals surface area contributed by atoms with Crippen LogP contribution in [0.2, 0.25) is 5.02 Å². The van der Waals surface area contributed by atoms with Crippen LogP contribution in [0.15, 0.2) is 51.7 Å². The lowest BCUT2D eigenvalue weighted by atomic mass is 9.98. The van der Waals surface area contributed by atoms with Crippen LogP contribution >= 0.6 is 11.6 Å². The maximum atomic E-state index is 13.4. The predicted molar refractivity (Wildman–Crippen MR) is 115 cm³/mol. The van der Waals surface area contributed by atoms with Crippen LogP contribution < -0.4 is 5.43 Å². The van der Waals surface area contributed by atoms with Gasteiger partial charge in [0.05, 0.1) is 17.0 Å². The van der Waals surface area contributed by atoms with Gasteiger partial charge in [-0.1, -0.05) is 41.9 Å². The Bertz CT molecular complexity index is 1140. The molecule has 150 valence electrons. The van der Waals surface area contributed by atoms with Gasteiger partial charge in [-0.15, -0.1) is 0 Å². The molecule has 1 aromatic heterocycles. The first kappa shape index (κ1) is 19.7. The molecular formula is C23H23ClN2O3. The molecule has 0 bridgehead atoms. The smallest absolute Gasteiger partial charge is 0.290 e. The van der Waals surface area contributed by atoms with Crippen LogP contribution in [0, 0.1) is 6.92 Å². The minimum atomic E-state index is -0.457. The summed E-state index contributed by atoms with van der Waals surface area (Å²) in [6.07, 6.45) is 0.800. The Balaban J connectivity index is 1.89. The number of carbonyl (C=O) groups excluding carboxylic acids is 1. The van der Waals surface area contributed by atoms with E-state index in [1.54, 1.807) is 17.0 Å². The van der Waals surface area contributed by atoms with E-state index in [2.05, 4.69) is 4.90 Å². The Morgan fingerprint density at radius 2 is 1.86 bits per heavy atom. The third-order valence-corrected chi connectivity index (χ3v) is 5.77. The Hall–Kier alpha value is -2.63. The zero-order valence-corrected chi connectivity index (χ0v) is 17.5. The summed E-state index contributed by atoms with van der Waals surface area (Å²) in [5, 5.41) is 0.913. The van der Waals surface area contributed by atoms with Crippen LogP contribution in [0.3, 0.4) is 0 Å². The number of halogens is 1. The maximum Gasteiger partial charge on any atom is 0.290 e. The van der Waals surface area contributed by atoms with Crippen molar-refractivity contribution in [1.29, 1.82) is 0 Å². The molecule has 5 nitrogen and oxygen atoms in total. The van der Waals surface area contributed by atoms with Crippen molar-refractivity contribution in [2.75, 3.05) is 27.2 Å². The Labute approximate surface area is 174 Å². The van der Waals surface area contributed by atoms with E-state index in [9.17, 15) is 9.59 Å². The molecule has 1 aliphatic heterocycles. The van der Waals surface area contributed by atoms with Crippen molar-refractivity contribution in [1.82, 2.24) is 9.80 Å². The highest BCUT2D eigenvalue weighted by Gasteiger charge is 2.42. The summed E-state index contributed by atoms with van der Waals surface area (Å²) in [5.74, 6) is -0.0952. The maximum absolute atomic E-state index is 13.4. The Kier molecular flexibility index (Phi) is 5.19. The molecule has 0 fully saturated rings. The van der Waals surface area contributed by atoms with Gasteiger partial charge in [-0.3, -0.25) is 9.59 Å². The van der Waals surface area contributed by atoms with Crippen LogP contribution in [0.5, 0.6) is 0 Å². The average molecular weight is 411 g/mol. The molecule has 1 amide bonds. The largest absolute Gasteiger partial charge is 0.450 e. The number of fused-ring (bicyclic) bond motifs is 2. The fourth-order valence-electron chi connectivity index (χ4n) is 3.91. The van der Waals surface area contributed by atoms with Crippen LogP contribution in [-0.4, -0.2) is 42.9 Å². The van der Waals surface area contributed by atoms with Crippen molar-refractivity contribution in [3.05, 3.63) is 80.2 Å². The molecule has 2 heterocycles. The van der Waals surface area contributed by atoms with Gasteiger partial charge in [0.2, 0.25) is 5.76 Å². The molecule has 0 spiro atoms. The number of amides is 1. The van der Waals surface area contributed by atoms with Crippen molar-refractivity contribution in [2.45, 2.75) is 19.4 Å². The van der Waals surface area contributed by atoms with Gasteiger partial charge in [0, 0.05) is 11.6 Å². The van der Waals surface area contributed by atoms with Gasteiger partial charge in [-0.2, -0.15) is 0 Å². The highest BCUT2D eigenvalue weighted by molar-refractivity contribution is 6.32. The van der Waals surface area contributed by atoms with Crippen molar-refractivity contribution in [2.24, 2.45) is 0 Å². The minimum absolute atomic E-state index is 0.142. The number of hydrogen-bond acceptors (Lipinski definition) is 4. The van der Waals surface area contributed by atoms with Crippen molar-refractivity contribution in [3.63, 3.8) is 0 Å². The second-order valence-electron chi connectivity index (χ2n) is 7.74. The van der Waals surface area contributed by atoms with E-state index in [0.29, 0.717) is 28.1 Å². The van der Waals surface area contributed by atoms with Gasteiger partial charge < -0.3 is 14.2 Å². The fourth-order valence-corrected chi connectivity index (χ4v) is 4.07. The summed E-state index contributed by atoms with van der Waals surface area (Å²) in [6.45, 7) is 3.23. The summed E-state index contributed by atoms with van der Waals surface area (Å²) in [7, 11) is 4.00. The summed E-state index contributed by atoms with van der Waals surface area (Å²) in [6, 6.07) is 12.5. The fraction of sp³-hybridized carbons (Fsp3) is 0.304. The van der Waals surface area contributed by atoms with Crippen molar-refractivity contribution < 1.29 is 9.21 Å². The summed E-state index contributed by atoms with van der Waals surface area (Å²) in [5.41, 5.74) is 2.30. The van der Waals surface area contributed by atoms with Gasteiger partial charge in [-0.25, -0.2) is 0 Å². The van der Waals surface area contributed by atoms with Gasteiger partial charge in [0.15, 0.2) is 5.43 Å². The van der Waals surface area contributed by atoms with Crippen LogP contribution in [0.25, 0.3) is 11.0 Å². The molecule has 4 rings (SSSR count). The minimum Gasteiger partial charge on any atom is -0.450 e. The monoisotopic (exact) mass is 410 g/mol. The second kappa shape index (κ2) is 7.65. The molecule has 1 unspecified atom stereocenters. The molecule has 0 saturated heterocycles. The van der Waals surface area contributed by atoms with Gasteiger partial charge in [0.25, 0.3) is 5.91 Å². The zero-order chi connectivity index (χ0) is 20.7.